The summed E-state index contributed by atoms with van der Waals surface area (Å²) in [6.07, 6.45) is -4.42. The summed E-state index contributed by atoms with van der Waals surface area (Å²) in [5.41, 5.74) is -0.691. The number of benzene rings is 1. The zero-order valence-electron chi connectivity index (χ0n) is 9.72. The first-order valence-corrected chi connectivity index (χ1v) is 5.88. The average Bonchev–Trinajstić information content (AvgIpc) is 2.34. The van der Waals surface area contributed by atoms with Crippen LogP contribution in [0.15, 0.2) is 24.3 Å². The maximum Gasteiger partial charge on any atom is 0.416 e. The van der Waals surface area contributed by atoms with Crippen molar-refractivity contribution in [3.8, 4) is 0 Å². The third-order valence-corrected chi connectivity index (χ3v) is 2.92. The Morgan fingerprint density at radius 1 is 1.39 bits per heavy atom. The molecule has 0 spiro atoms. The Morgan fingerprint density at radius 3 is 2.56 bits per heavy atom. The Bertz CT molecular complexity index is 420. The van der Waals surface area contributed by atoms with Crippen LogP contribution in [0.25, 0.3) is 0 Å². The molecule has 18 heavy (non-hydrogen) atoms. The lowest BCUT2D eigenvalue weighted by molar-refractivity contribution is -0.138. The molecule has 0 saturated carbocycles. The van der Waals surface area contributed by atoms with Gasteiger partial charge in [0.2, 0.25) is 5.91 Å². The minimum absolute atomic E-state index is 0.0418. The molecule has 0 radical (unpaired) electrons. The summed E-state index contributed by atoms with van der Waals surface area (Å²) in [7, 11) is 0. The molecule has 1 amide bonds. The second kappa shape index (κ2) is 6.09. The summed E-state index contributed by atoms with van der Waals surface area (Å²) in [4.78, 5) is 11.4. The first-order valence-electron chi connectivity index (χ1n) is 5.35. The van der Waals surface area contributed by atoms with Gasteiger partial charge in [-0.15, -0.1) is 11.6 Å². The van der Waals surface area contributed by atoms with Crippen LogP contribution in [-0.4, -0.2) is 11.8 Å². The molecular formula is C12H13ClF3NO. The van der Waals surface area contributed by atoms with E-state index in [2.05, 4.69) is 5.32 Å². The molecule has 0 aliphatic carbocycles. The Kier molecular flexibility index (Phi) is 5.02. The van der Waals surface area contributed by atoms with Crippen molar-refractivity contribution < 1.29 is 18.0 Å². The second-order valence-electron chi connectivity index (χ2n) is 3.93. The highest BCUT2D eigenvalue weighted by atomic mass is 35.5. The molecular weight excluding hydrogens is 267 g/mol. The van der Waals surface area contributed by atoms with Crippen molar-refractivity contribution in [2.75, 3.05) is 5.88 Å². The smallest absolute Gasteiger partial charge is 0.352 e. The van der Waals surface area contributed by atoms with Crippen LogP contribution in [0.4, 0.5) is 13.2 Å². The monoisotopic (exact) mass is 279 g/mol. The average molecular weight is 280 g/mol. The van der Waals surface area contributed by atoms with Gasteiger partial charge in [-0.3, -0.25) is 4.79 Å². The van der Waals surface area contributed by atoms with Crippen LogP contribution in [0.2, 0.25) is 0 Å². The summed E-state index contributed by atoms with van der Waals surface area (Å²) < 4.78 is 38.0. The molecule has 0 fully saturated rings. The molecule has 0 aromatic heterocycles. The van der Waals surface area contributed by atoms with Gasteiger partial charge >= 0.3 is 6.18 Å². The quantitative estimate of drug-likeness (QED) is 0.843. The highest BCUT2D eigenvalue weighted by Crippen LogP contribution is 2.31. The molecule has 1 atom stereocenters. The number of carbonyl (C=O) groups is 1. The van der Waals surface area contributed by atoms with Crippen LogP contribution in [0, 0.1) is 5.92 Å². The number of hydrogen-bond donors (Lipinski definition) is 1. The van der Waals surface area contributed by atoms with Gasteiger partial charge in [-0.25, -0.2) is 0 Å². The van der Waals surface area contributed by atoms with Gasteiger partial charge in [-0.05, 0) is 11.6 Å². The van der Waals surface area contributed by atoms with E-state index in [9.17, 15) is 18.0 Å². The summed E-state index contributed by atoms with van der Waals surface area (Å²) >= 11 is 5.49. The lowest BCUT2D eigenvalue weighted by Gasteiger charge is -2.14. The van der Waals surface area contributed by atoms with Crippen LogP contribution in [-0.2, 0) is 17.5 Å². The normalized spacial score (nSPS) is 13.2. The van der Waals surface area contributed by atoms with Crippen LogP contribution >= 0.6 is 11.6 Å². The van der Waals surface area contributed by atoms with E-state index in [0.717, 1.165) is 6.07 Å². The molecule has 2 nitrogen and oxygen atoms in total. The lowest BCUT2D eigenvalue weighted by atomic mass is 10.1. The number of nitrogens with one attached hydrogen (secondary N) is 1. The van der Waals surface area contributed by atoms with E-state index in [0.29, 0.717) is 0 Å². The number of carbonyl (C=O) groups excluding carboxylic acids is 1. The fourth-order valence-corrected chi connectivity index (χ4v) is 1.52. The van der Waals surface area contributed by atoms with Crippen LogP contribution < -0.4 is 5.32 Å². The molecule has 0 bridgehead atoms. The standard InChI is InChI=1S/C12H13ClF3NO/c1-8(6-13)11(18)17-7-9-4-2-3-5-10(9)12(14,15)16/h2-5,8H,6-7H2,1H3,(H,17,18). The lowest BCUT2D eigenvalue weighted by Crippen LogP contribution is -2.30. The summed E-state index contributed by atoms with van der Waals surface area (Å²) in [5.74, 6) is -0.654. The van der Waals surface area contributed by atoms with Crippen LogP contribution in [0.1, 0.15) is 18.1 Å². The Labute approximate surface area is 108 Å². The number of alkyl halides is 4. The SMILES string of the molecule is CC(CCl)C(=O)NCc1ccccc1C(F)(F)F. The molecule has 0 heterocycles. The minimum atomic E-state index is -4.42. The highest BCUT2D eigenvalue weighted by Gasteiger charge is 2.32. The zero-order chi connectivity index (χ0) is 13.8. The first-order chi connectivity index (χ1) is 8.36. The van der Waals surface area contributed by atoms with Gasteiger partial charge in [-0.2, -0.15) is 13.2 Å². The van der Waals surface area contributed by atoms with Crippen LogP contribution in [0.3, 0.4) is 0 Å². The number of amides is 1. The third-order valence-electron chi connectivity index (χ3n) is 2.45. The van der Waals surface area contributed by atoms with Crippen molar-refractivity contribution in [2.45, 2.75) is 19.6 Å². The van der Waals surface area contributed by atoms with E-state index in [-0.39, 0.29) is 23.9 Å². The topological polar surface area (TPSA) is 29.1 Å². The Balaban J connectivity index is 2.77. The summed E-state index contributed by atoms with van der Waals surface area (Å²) in [6, 6.07) is 5.15. The zero-order valence-corrected chi connectivity index (χ0v) is 10.5. The van der Waals surface area contributed by atoms with E-state index < -0.39 is 17.7 Å². The number of halogens is 4. The maximum atomic E-state index is 12.7. The Morgan fingerprint density at radius 2 is 2.00 bits per heavy atom. The molecule has 100 valence electrons. The number of rotatable bonds is 4. The third kappa shape index (κ3) is 3.91. The van der Waals surface area contributed by atoms with Gasteiger partial charge in [0.25, 0.3) is 0 Å². The van der Waals surface area contributed by atoms with E-state index in [4.69, 9.17) is 11.6 Å². The maximum absolute atomic E-state index is 12.7. The minimum Gasteiger partial charge on any atom is -0.352 e. The highest BCUT2D eigenvalue weighted by molar-refractivity contribution is 6.19. The molecule has 1 rings (SSSR count). The van der Waals surface area contributed by atoms with Crippen molar-refractivity contribution in [1.82, 2.24) is 5.32 Å². The van der Waals surface area contributed by atoms with E-state index in [1.54, 1.807) is 6.92 Å². The molecule has 1 aromatic carbocycles. The fourth-order valence-electron chi connectivity index (χ4n) is 1.38. The van der Waals surface area contributed by atoms with E-state index >= 15 is 0 Å². The molecule has 6 heteroatoms. The molecule has 0 aliphatic heterocycles. The van der Waals surface area contributed by atoms with Gasteiger partial charge in [0.15, 0.2) is 0 Å². The fraction of sp³-hybridized carbons (Fsp3) is 0.417. The summed E-state index contributed by atoms with van der Waals surface area (Å²) in [5, 5.41) is 2.44. The van der Waals surface area contributed by atoms with Gasteiger partial charge in [-0.1, -0.05) is 25.1 Å². The van der Waals surface area contributed by atoms with E-state index in [1.165, 1.54) is 18.2 Å². The predicted octanol–water partition coefficient (Wildman–Crippen LogP) is 3.20. The Hall–Kier alpha value is -1.23. The van der Waals surface area contributed by atoms with E-state index in [1.807, 2.05) is 0 Å². The van der Waals surface area contributed by atoms with Crippen molar-refractivity contribution >= 4 is 17.5 Å². The van der Waals surface area contributed by atoms with Crippen molar-refractivity contribution in [2.24, 2.45) is 5.92 Å². The van der Waals surface area contributed by atoms with Gasteiger partial charge in [0, 0.05) is 18.3 Å². The van der Waals surface area contributed by atoms with Gasteiger partial charge in [0.1, 0.15) is 0 Å². The molecule has 1 unspecified atom stereocenters. The van der Waals surface area contributed by atoms with Crippen molar-refractivity contribution in [3.63, 3.8) is 0 Å². The first kappa shape index (κ1) is 14.8. The van der Waals surface area contributed by atoms with Crippen LogP contribution in [0.5, 0.6) is 0 Å². The molecule has 0 saturated heterocycles. The van der Waals surface area contributed by atoms with Crippen molar-refractivity contribution in [3.05, 3.63) is 35.4 Å². The molecule has 1 N–H and O–H groups in total. The number of hydrogen-bond acceptors (Lipinski definition) is 1. The van der Waals surface area contributed by atoms with Gasteiger partial charge < -0.3 is 5.32 Å². The predicted molar refractivity (Wildman–Crippen MR) is 63.2 cm³/mol. The van der Waals surface area contributed by atoms with Crippen molar-refractivity contribution in [1.29, 1.82) is 0 Å². The van der Waals surface area contributed by atoms with Gasteiger partial charge in [0.05, 0.1) is 5.56 Å². The second-order valence-corrected chi connectivity index (χ2v) is 4.24. The largest absolute Gasteiger partial charge is 0.416 e. The molecule has 1 aromatic rings. The summed E-state index contributed by atoms with van der Waals surface area (Å²) in [6.45, 7) is 1.45. The molecule has 0 aliphatic rings.